The highest BCUT2D eigenvalue weighted by Gasteiger charge is 2.35. The normalized spacial score (nSPS) is 16.2. The molecule has 1 N–H and O–H groups in total. The first-order valence-corrected chi connectivity index (χ1v) is 11.4. The molecule has 5 rings (SSSR count). The summed E-state index contributed by atoms with van der Waals surface area (Å²) in [5.41, 5.74) is 5.08. The summed E-state index contributed by atoms with van der Waals surface area (Å²) in [5.74, 6) is -0.590. The van der Waals surface area contributed by atoms with Crippen molar-refractivity contribution in [2.24, 2.45) is 5.92 Å². The van der Waals surface area contributed by atoms with Gasteiger partial charge in [0.15, 0.2) is 0 Å². The lowest BCUT2D eigenvalue weighted by Gasteiger charge is -2.16. The van der Waals surface area contributed by atoms with E-state index in [1.54, 1.807) is 33.7 Å². The Morgan fingerprint density at radius 1 is 1.19 bits per heavy atom. The van der Waals surface area contributed by atoms with Crippen LogP contribution >= 0.6 is 22.9 Å². The van der Waals surface area contributed by atoms with Crippen LogP contribution in [0.1, 0.15) is 17.5 Å². The predicted octanol–water partition coefficient (Wildman–Crippen LogP) is 4.72. The molecule has 2 amide bonds. The van der Waals surface area contributed by atoms with E-state index in [-0.39, 0.29) is 24.2 Å². The van der Waals surface area contributed by atoms with Gasteiger partial charge in [-0.25, -0.2) is 4.52 Å². The Hall–Kier alpha value is -3.23. The molecular formula is C23H20ClN5O2S. The standard InChI is InChI=1S/C23H20ClN5O2S/c1-13-3-8-18(14(2)9-13)19-12-32-23-26-22(27-29(19)23)25-21(31)15-10-20(30)28(11-15)17-6-4-16(24)5-7-17/h3-9,12,15H,10-11H2,1-2H3,(H,25,27,31). The number of aromatic nitrogens is 3. The number of halogens is 1. The van der Waals surface area contributed by atoms with E-state index in [1.165, 1.54) is 16.9 Å². The molecule has 0 radical (unpaired) electrons. The zero-order valence-electron chi connectivity index (χ0n) is 17.5. The van der Waals surface area contributed by atoms with Crippen molar-refractivity contribution < 1.29 is 9.59 Å². The van der Waals surface area contributed by atoms with Crippen LogP contribution in [0, 0.1) is 19.8 Å². The van der Waals surface area contributed by atoms with E-state index in [0.717, 1.165) is 22.5 Å². The number of anilines is 2. The molecule has 4 aromatic rings. The smallest absolute Gasteiger partial charge is 0.250 e. The van der Waals surface area contributed by atoms with E-state index in [2.05, 4.69) is 47.4 Å². The maximum atomic E-state index is 12.8. The molecular weight excluding hydrogens is 446 g/mol. The predicted molar refractivity (Wildman–Crippen MR) is 126 cm³/mol. The summed E-state index contributed by atoms with van der Waals surface area (Å²) in [6.45, 7) is 4.43. The van der Waals surface area contributed by atoms with Gasteiger partial charge in [0.25, 0.3) is 0 Å². The molecule has 162 valence electrons. The number of hydrogen-bond acceptors (Lipinski definition) is 5. The van der Waals surface area contributed by atoms with E-state index in [1.807, 2.05) is 5.38 Å². The van der Waals surface area contributed by atoms with E-state index in [4.69, 9.17) is 11.6 Å². The van der Waals surface area contributed by atoms with Crippen LogP contribution in [0.5, 0.6) is 0 Å². The molecule has 0 saturated carbocycles. The van der Waals surface area contributed by atoms with Crippen LogP contribution in [-0.2, 0) is 9.59 Å². The number of carbonyl (C=O) groups excluding carboxylic acids is 2. The molecule has 7 nitrogen and oxygen atoms in total. The topological polar surface area (TPSA) is 79.6 Å². The lowest BCUT2D eigenvalue weighted by atomic mass is 10.0. The van der Waals surface area contributed by atoms with Gasteiger partial charge in [-0.2, -0.15) is 4.98 Å². The number of thiazole rings is 1. The third-order valence-electron chi connectivity index (χ3n) is 5.61. The van der Waals surface area contributed by atoms with Crippen molar-refractivity contribution >= 4 is 51.3 Å². The number of nitrogens with zero attached hydrogens (tertiary/aromatic N) is 4. The lowest BCUT2D eigenvalue weighted by molar-refractivity contribution is -0.122. The number of aryl methyl sites for hydroxylation is 2. The van der Waals surface area contributed by atoms with Crippen molar-refractivity contribution in [2.75, 3.05) is 16.8 Å². The number of hydrogen-bond donors (Lipinski definition) is 1. The zero-order valence-corrected chi connectivity index (χ0v) is 19.1. The van der Waals surface area contributed by atoms with Gasteiger partial charge in [0, 0.05) is 34.6 Å². The Bertz CT molecular complexity index is 1340. The average molecular weight is 466 g/mol. The number of amides is 2. The minimum Gasteiger partial charge on any atom is -0.312 e. The SMILES string of the molecule is Cc1ccc(-c2csc3nc(NC(=O)C4CC(=O)N(c5ccc(Cl)cc5)C4)nn23)c(C)c1. The molecule has 1 unspecified atom stereocenters. The van der Waals surface area contributed by atoms with Crippen molar-refractivity contribution in [3.05, 3.63) is 64.0 Å². The summed E-state index contributed by atoms with van der Waals surface area (Å²) in [4.78, 5) is 32.1. The molecule has 32 heavy (non-hydrogen) atoms. The van der Waals surface area contributed by atoms with E-state index in [9.17, 15) is 9.59 Å². The summed E-state index contributed by atoms with van der Waals surface area (Å²) in [7, 11) is 0. The Morgan fingerprint density at radius 2 is 1.97 bits per heavy atom. The number of nitrogens with one attached hydrogen (secondary N) is 1. The quantitative estimate of drug-likeness (QED) is 0.473. The van der Waals surface area contributed by atoms with Crippen molar-refractivity contribution in [2.45, 2.75) is 20.3 Å². The first kappa shape index (κ1) is 20.7. The maximum absolute atomic E-state index is 12.8. The Balaban J connectivity index is 1.34. The third kappa shape index (κ3) is 3.76. The number of benzene rings is 2. The van der Waals surface area contributed by atoms with Gasteiger partial charge >= 0.3 is 0 Å². The summed E-state index contributed by atoms with van der Waals surface area (Å²) < 4.78 is 1.75. The summed E-state index contributed by atoms with van der Waals surface area (Å²) >= 11 is 7.40. The fourth-order valence-corrected chi connectivity index (χ4v) is 4.94. The largest absolute Gasteiger partial charge is 0.312 e. The molecule has 0 aliphatic carbocycles. The molecule has 0 spiro atoms. The molecule has 3 heterocycles. The van der Waals surface area contributed by atoms with E-state index in [0.29, 0.717) is 16.5 Å². The minimum atomic E-state index is -0.474. The Labute approximate surface area is 193 Å². The second-order valence-electron chi connectivity index (χ2n) is 7.94. The van der Waals surface area contributed by atoms with Gasteiger partial charge in [0.05, 0.1) is 11.6 Å². The zero-order chi connectivity index (χ0) is 22.4. The molecule has 9 heteroatoms. The van der Waals surface area contributed by atoms with E-state index >= 15 is 0 Å². The lowest BCUT2D eigenvalue weighted by Crippen LogP contribution is -2.28. The first-order chi connectivity index (χ1) is 15.4. The number of carbonyl (C=O) groups is 2. The molecule has 1 atom stereocenters. The number of rotatable bonds is 4. The van der Waals surface area contributed by atoms with Gasteiger partial charge in [-0.05, 0) is 43.7 Å². The summed E-state index contributed by atoms with van der Waals surface area (Å²) in [6.07, 6.45) is 0.143. The third-order valence-corrected chi connectivity index (χ3v) is 6.68. The Morgan fingerprint density at radius 3 is 2.72 bits per heavy atom. The van der Waals surface area contributed by atoms with Crippen LogP contribution < -0.4 is 10.2 Å². The maximum Gasteiger partial charge on any atom is 0.250 e. The van der Waals surface area contributed by atoms with Crippen molar-refractivity contribution in [1.82, 2.24) is 14.6 Å². The Kier molecular flexibility index (Phi) is 5.19. The van der Waals surface area contributed by atoms with E-state index < -0.39 is 5.92 Å². The molecule has 1 saturated heterocycles. The first-order valence-electron chi connectivity index (χ1n) is 10.2. The molecule has 1 aliphatic heterocycles. The molecule has 0 bridgehead atoms. The fraction of sp³-hybridized carbons (Fsp3) is 0.217. The average Bonchev–Trinajstić information content (AvgIpc) is 3.43. The van der Waals surface area contributed by atoms with Gasteiger partial charge < -0.3 is 4.90 Å². The van der Waals surface area contributed by atoms with Gasteiger partial charge in [-0.15, -0.1) is 16.4 Å². The molecule has 2 aromatic carbocycles. The molecule has 2 aromatic heterocycles. The van der Waals surface area contributed by atoms with Crippen LogP contribution in [0.15, 0.2) is 47.8 Å². The second-order valence-corrected chi connectivity index (χ2v) is 9.21. The van der Waals surface area contributed by atoms with Crippen molar-refractivity contribution in [1.29, 1.82) is 0 Å². The summed E-state index contributed by atoms with van der Waals surface area (Å²) in [6, 6.07) is 13.3. The highest BCUT2D eigenvalue weighted by atomic mass is 35.5. The van der Waals surface area contributed by atoms with Gasteiger partial charge in [-0.1, -0.05) is 35.4 Å². The fourth-order valence-electron chi connectivity index (χ4n) is 3.99. The number of fused-ring (bicyclic) bond motifs is 1. The van der Waals surface area contributed by atoms with Gasteiger partial charge in [0.1, 0.15) is 0 Å². The minimum absolute atomic E-state index is 0.0941. The second kappa shape index (κ2) is 8.03. The van der Waals surface area contributed by atoms with Crippen LogP contribution in [0.3, 0.4) is 0 Å². The van der Waals surface area contributed by atoms with Crippen LogP contribution in [0.25, 0.3) is 16.2 Å². The highest BCUT2D eigenvalue weighted by molar-refractivity contribution is 7.15. The van der Waals surface area contributed by atoms with Gasteiger partial charge in [0.2, 0.25) is 22.7 Å². The van der Waals surface area contributed by atoms with Crippen molar-refractivity contribution in [3.8, 4) is 11.3 Å². The molecule has 1 aliphatic rings. The van der Waals surface area contributed by atoms with Gasteiger partial charge in [-0.3, -0.25) is 14.9 Å². The van der Waals surface area contributed by atoms with Crippen LogP contribution in [0.2, 0.25) is 5.02 Å². The molecule has 1 fully saturated rings. The van der Waals surface area contributed by atoms with Crippen LogP contribution in [-0.4, -0.2) is 33.0 Å². The highest BCUT2D eigenvalue weighted by Crippen LogP contribution is 2.30. The van der Waals surface area contributed by atoms with Crippen LogP contribution in [0.4, 0.5) is 11.6 Å². The monoisotopic (exact) mass is 465 g/mol. The van der Waals surface area contributed by atoms with Crippen molar-refractivity contribution in [3.63, 3.8) is 0 Å². The summed E-state index contributed by atoms with van der Waals surface area (Å²) in [5, 5.41) is 9.90.